The summed E-state index contributed by atoms with van der Waals surface area (Å²) in [5.74, 6) is 0.725. The maximum absolute atomic E-state index is 11.6. The van der Waals surface area contributed by atoms with E-state index >= 15 is 0 Å². The lowest BCUT2D eigenvalue weighted by Crippen LogP contribution is -2.27. The van der Waals surface area contributed by atoms with Gasteiger partial charge < -0.3 is 4.90 Å². The molecule has 0 aliphatic carbocycles. The summed E-state index contributed by atoms with van der Waals surface area (Å²) in [7, 11) is 0. The van der Waals surface area contributed by atoms with Gasteiger partial charge in [-0.2, -0.15) is 0 Å². The van der Waals surface area contributed by atoms with Crippen LogP contribution in [-0.2, 0) is 11.2 Å². The lowest BCUT2D eigenvalue weighted by molar-refractivity contribution is -0.127. The number of amides is 1. The van der Waals surface area contributed by atoms with E-state index in [-0.39, 0.29) is 5.91 Å². The van der Waals surface area contributed by atoms with E-state index in [0.717, 1.165) is 30.5 Å². The van der Waals surface area contributed by atoms with Gasteiger partial charge >= 0.3 is 0 Å². The largest absolute Gasteiger partial charge is 0.342 e. The van der Waals surface area contributed by atoms with Crippen molar-refractivity contribution in [3.8, 4) is 0 Å². The van der Waals surface area contributed by atoms with Crippen LogP contribution in [0.1, 0.15) is 12.1 Å². The van der Waals surface area contributed by atoms with Gasteiger partial charge in [0.05, 0.1) is 5.69 Å². The van der Waals surface area contributed by atoms with Gasteiger partial charge in [0.25, 0.3) is 0 Å². The van der Waals surface area contributed by atoms with E-state index in [2.05, 4.69) is 25.9 Å². The van der Waals surface area contributed by atoms with Crippen LogP contribution in [0, 0.1) is 5.92 Å². The van der Waals surface area contributed by atoms with Crippen molar-refractivity contribution in [2.45, 2.75) is 12.8 Å². The number of hydrogen-bond donors (Lipinski definition) is 0. The minimum atomic E-state index is 0.258. The zero-order valence-corrected chi connectivity index (χ0v) is 10.6. The Morgan fingerprint density at radius 2 is 2.38 bits per heavy atom. The highest BCUT2D eigenvalue weighted by Gasteiger charge is 2.28. The summed E-state index contributed by atoms with van der Waals surface area (Å²) in [5.41, 5.74) is 0.942. The second-order valence-corrected chi connectivity index (χ2v) is 4.66. The second kappa shape index (κ2) is 5.39. The Morgan fingerprint density at radius 3 is 3.00 bits per heavy atom. The molecule has 1 aliphatic rings. The molecule has 5 heteroatoms. The van der Waals surface area contributed by atoms with Gasteiger partial charge in [-0.1, -0.05) is 15.9 Å². The summed E-state index contributed by atoms with van der Waals surface area (Å²) in [6.07, 6.45) is 6.55. The molecule has 4 nitrogen and oxygen atoms in total. The fraction of sp³-hybridized carbons (Fsp3) is 0.545. The van der Waals surface area contributed by atoms with Crippen LogP contribution in [0.25, 0.3) is 0 Å². The molecule has 1 amide bonds. The molecule has 2 heterocycles. The number of hydrogen-bond acceptors (Lipinski definition) is 3. The standard InChI is InChI=1S/C11H14BrN3O/c12-6-9-5-11(16)15(8-9)4-1-10-7-13-2-3-14-10/h2-3,7,9H,1,4-6,8H2. The third-order valence-corrected chi connectivity index (χ3v) is 3.68. The van der Waals surface area contributed by atoms with Crippen LogP contribution < -0.4 is 0 Å². The Labute approximate surface area is 103 Å². The van der Waals surface area contributed by atoms with E-state index in [9.17, 15) is 4.79 Å². The second-order valence-electron chi connectivity index (χ2n) is 4.01. The number of carbonyl (C=O) groups is 1. The molecule has 86 valence electrons. The van der Waals surface area contributed by atoms with Gasteiger partial charge in [-0.25, -0.2) is 0 Å². The van der Waals surface area contributed by atoms with Crippen molar-refractivity contribution in [2.24, 2.45) is 5.92 Å². The van der Waals surface area contributed by atoms with Crippen molar-refractivity contribution in [3.63, 3.8) is 0 Å². The van der Waals surface area contributed by atoms with Crippen molar-refractivity contribution in [3.05, 3.63) is 24.3 Å². The topological polar surface area (TPSA) is 46.1 Å². The molecule has 1 fully saturated rings. The first-order valence-corrected chi connectivity index (χ1v) is 6.50. The smallest absolute Gasteiger partial charge is 0.222 e. The summed E-state index contributed by atoms with van der Waals surface area (Å²) >= 11 is 3.43. The Morgan fingerprint density at radius 1 is 1.50 bits per heavy atom. The SMILES string of the molecule is O=C1CC(CBr)CN1CCc1cnccn1. The monoisotopic (exact) mass is 283 g/mol. The van der Waals surface area contributed by atoms with Crippen LogP contribution in [-0.4, -0.2) is 39.2 Å². The molecule has 0 radical (unpaired) electrons. The number of nitrogens with zero attached hydrogens (tertiary/aromatic N) is 3. The first kappa shape index (κ1) is 11.5. The van der Waals surface area contributed by atoms with Crippen LogP contribution >= 0.6 is 15.9 Å². The number of rotatable bonds is 4. The van der Waals surface area contributed by atoms with Crippen molar-refractivity contribution < 1.29 is 4.79 Å². The minimum Gasteiger partial charge on any atom is -0.342 e. The molecule has 0 aromatic carbocycles. The van der Waals surface area contributed by atoms with Crippen LogP contribution in [0.2, 0.25) is 0 Å². The number of carbonyl (C=O) groups excluding carboxylic acids is 1. The normalized spacial score (nSPS) is 20.4. The molecule has 16 heavy (non-hydrogen) atoms. The molecule has 1 saturated heterocycles. The molecule has 1 aromatic heterocycles. The molecule has 2 rings (SSSR count). The maximum atomic E-state index is 11.6. The predicted octanol–water partition coefficient (Wildman–Crippen LogP) is 1.26. The molecule has 1 aliphatic heterocycles. The Bertz CT molecular complexity index is 358. The minimum absolute atomic E-state index is 0.258. The lowest BCUT2D eigenvalue weighted by Gasteiger charge is -2.15. The molecule has 0 bridgehead atoms. The van der Waals surface area contributed by atoms with E-state index in [1.165, 1.54) is 0 Å². The van der Waals surface area contributed by atoms with Crippen LogP contribution in [0.5, 0.6) is 0 Å². The summed E-state index contributed by atoms with van der Waals surface area (Å²) in [4.78, 5) is 21.8. The number of likely N-dealkylation sites (tertiary alicyclic amines) is 1. The molecule has 0 N–H and O–H groups in total. The third kappa shape index (κ3) is 2.78. The fourth-order valence-electron chi connectivity index (χ4n) is 1.88. The first-order chi connectivity index (χ1) is 7.79. The average molecular weight is 284 g/mol. The zero-order valence-electron chi connectivity index (χ0n) is 8.97. The molecule has 0 saturated carbocycles. The number of halogens is 1. The van der Waals surface area contributed by atoms with Gasteiger partial charge in [-0.3, -0.25) is 14.8 Å². The van der Waals surface area contributed by atoms with Gasteiger partial charge in [0.15, 0.2) is 0 Å². The lowest BCUT2D eigenvalue weighted by atomic mass is 10.2. The molecular weight excluding hydrogens is 270 g/mol. The summed E-state index contributed by atoms with van der Waals surface area (Å²) in [6, 6.07) is 0. The predicted molar refractivity (Wildman–Crippen MR) is 64.2 cm³/mol. The van der Waals surface area contributed by atoms with Crippen LogP contribution in [0.15, 0.2) is 18.6 Å². The first-order valence-electron chi connectivity index (χ1n) is 5.38. The van der Waals surface area contributed by atoms with E-state index < -0.39 is 0 Å². The molecule has 1 atom stereocenters. The quantitative estimate of drug-likeness (QED) is 0.782. The maximum Gasteiger partial charge on any atom is 0.222 e. The average Bonchev–Trinajstić information content (AvgIpc) is 2.69. The zero-order chi connectivity index (χ0) is 11.4. The van der Waals surface area contributed by atoms with E-state index in [0.29, 0.717) is 12.3 Å². The van der Waals surface area contributed by atoms with Gasteiger partial charge in [-0.15, -0.1) is 0 Å². The van der Waals surface area contributed by atoms with Gasteiger partial charge in [0.2, 0.25) is 5.91 Å². The van der Waals surface area contributed by atoms with E-state index in [1.54, 1.807) is 18.6 Å². The molecule has 1 aromatic rings. The molecule has 0 spiro atoms. The van der Waals surface area contributed by atoms with E-state index in [4.69, 9.17) is 0 Å². The summed E-state index contributed by atoms with van der Waals surface area (Å²) in [5, 5.41) is 0.903. The summed E-state index contributed by atoms with van der Waals surface area (Å²) < 4.78 is 0. The highest BCUT2D eigenvalue weighted by Crippen LogP contribution is 2.19. The molecule has 1 unspecified atom stereocenters. The Kier molecular flexibility index (Phi) is 3.88. The highest BCUT2D eigenvalue weighted by molar-refractivity contribution is 9.09. The fourth-order valence-corrected chi connectivity index (χ4v) is 2.32. The van der Waals surface area contributed by atoms with Crippen LogP contribution in [0.3, 0.4) is 0 Å². The third-order valence-electron chi connectivity index (χ3n) is 2.77. The Hall–Kier alpha value is -0.970. The Balaban J connectivity index is 1.85. The van der Waals surface area contributed by atoms with Crippen molar-refractivity contribution in [2.75, 3.05) is 18.4 Å². The highest BCUT2D eigenvalue weighted by atomic mass is 79.9. The van der Waals surface area contributed by atoms with E-state index in [1.807, 2.05) is 4.90 Å². The number of alkyl halides is 1. The number of aromatic nitrogens is 2. The van der Waals surface area contributed by atoms with Crippen molar-refractivity contribution >= 4 is 21.8 Å². The summed E-state index contributed by atoms with van der Waals surface area (Å²) in [6.45, 7) is 1.62. The van der Waals surface area contributed by atoms with Crippen molar-refractivity contribution in [1.82, 2.24) is 14.9 Å². The van der Waals surface area contributed by atoms with Gasteiger partial charge in [-0.05, 0) is 5.92 Å². The van der Waals surface area contributed by atoms with Gasteiger partial charge in [0.1, 0.15) is 0 Å². The van der Waals surface area contributed by atoms with Crippen LogP contribution in [0.4, 0.5) is 0 Å². The molecular formula is C11H14BrN3O. The van der Waals surface area contributed by atoms with Gasteiger partial charge in [0, 0.05) is 49.9 Å². The van der Waals surface area contributed by atoms with Crippen molar-refractivity contribution in [1.29, 1.82) is 0 Å².